The lowest BCUT2D eigenvalue weighted by Crippen LogP contribution is -2.27. The fourth-order valence-corrected chi connectivity index (χ4v) is 4.21. The average molecular weight is 270 g/mol. The zero-order valence-electron chi connectivity index (χ0n) is 8.95. The van der Waals surface area contributed by atoms with Crippen LogP contribution in [0.25, 0.3) is 0 Å². The number of carbonyl (C=O) groups excluding carboxylic acids is 1. The third-order valence-corrected chi connectivity index (χ3v) is 5.18. The Morgan fingerprint density at radius 3 is 2.94 bits per heavy atom. The molecule has 90 valence electrons. The van der Waals surface area contributed by atoms with Crippen LogP contribution in [0.2, 0.25) is 0 Å². The summed E-state index contributed by atoms with van der Waals surface area (Å²) < 4.78 is 21.0. The van der Waals surface area contributed by atoms with Crippen molar-refractivity contribution in [2.45, 2.75) is 11.8 Å². The number of rotatable bonds is 2. The minimum atomic E-state index is -3.22. The van der Waals surface area contributed by atoms with E-state index in [1.807, 2.05) is 6.07 Å². The molecule has 1 aliphatic rings. The van der Waals surface area contributed by atoms with Crippen LogP contribution in [0, 0.1) is 11.3 Å². The topological polar surface area (TPSA) is 84.6 Å². The third-order valence-electron chi connectivity index (χ3n) is 2.43. The fraction of sp³-hybridized carbons (Fsp3) is 0.200. The molecule has 5 nitrogen and oxygen atoms in total. The molecule has 1 aromatic heterocycles. The number of thiophene rings is 1. The van der Waals surface area contributed by atoms with Gasteiger partial charge in [0.2, 0.25) is 0 Å². The summed E-state index contributed by atoms with van der Waals surface area (Å²) in [6, 6.07) is 1.92. The van der Waals surface area contributed by atoms with Crippen LogP contribution < -0.4 is 0 Å². The fourth-order valence-electron chi connectivity index (χ4n) is 1.47. The molecular weight excluding hydrogens is 260 g/mol. The largest absolute Gasteiger partial charge is 0.277 e. The quantitative estimate of drug-likeness (QED) is 0.809. The van der Waals surface area contributed by atoms with Gasteiger partial charge in [-0.1, -0.05) is 10.8 Å². The van der Waals surface area contributed by atoms with Crippen LogP contribution in [0.5, 0.6) is 0 Å². The summed E-state index contributed by atoms with van der Waals surface area (Å²) in [7, 11) is -3.22. The zero-order valence-corrected chi connectivity index (χ0v) is 10.6. The van der Waals surface area contributed by atoms with E-state index >= 15 is 0 Å². The predicted molar refractivity (Wildman–Crippen MR) is 65.8 cm³/mol. The Kier molecular flexibility index (Phi) is 2.97. The monoisotopic (exact) mass is 270 g/mol. The Balaban J connectivity index is 2.31. The normalized spacial score (nSPS) is 20.0. The molecule has 0 aliphatic carbocycles. The first kappa shape index (κ1) is 12.1. The van der Waals surface area contributed by atoms with Crippen LogP contribution in [-0.2, 0) is 0 Å². The smallest absolute Gasteiger partial charge is 0.275 e. The lowest BCUT2D eigenvalue weighted by atomic mass is 10.3. The van der Waals surface area contributed by atoms with Gasteiger partial charge < -0.3 is 0 Å². The summed E-state index contributed by atoms with van der Waals surface area (Å²) in [5.74, 6) is -0.400. The van der Waals surface area contributed by atoms with Gasteiger partial charge in [0, 0.05) is 16.3 Å². The van der Waals surface area contributed by atoms with E-state index < -0.39 is 16.7 Å². The van der Waals surface area contributed by atoms with Gasteiger partial charge in [-0.05, 0) is 13.0 Å². The SMILES string of the molecule is CC(C#N)=CCN1C(=O)c2cscc2S1(O)O. The van der Waals surface area contributed by atoms with Gasteiger partial charge in [-0.25, -0.2) is 4.31 Å². The molecule has 0 aromatic carbocycles. The molecule has 1 aromatic rings. The molecule has 0 saturated carbocycles. The number of carbonyl (C=O) groups is 1. The first-order chi connectivity index (χ1) is 7.98. The molecule has 0 bridgehead atoms. The highest BCUT2D eigenvalue weighted by molar-refractivity contribution is 8.23. The van der Waals surface area contributed by atoms with Crippen molar-refractivity contribution in [2.24, 2.45) is 0 Å². The van der Waals surface area contributed by atoms with Crippen molar-refractivity contribution in [1.29, 1.82) is 5.26 Å². The second-order valence-electron chi connectivity index (χ2n) is 3.53. The lowest BCUT2D eigenvalue weighted by Gasteiger charge is -2.36. The number of allylic oxidation sites excluding steroid dienone is 1. The maximum absolute atomic E-state index is 11.9. The van der Waals surface area contributed by atoms with E-state index in [4.69, 9.17) is 5.26 Å². The average Bonchev–Trinajstić information content (AvgIpc) is 2.82. The van der Waals surface area contributed by atoms with Gasteiger partial charge >= 0.3 is 0 Å². The predicted octanol–water partition coefficient (Wildman–Crippen LogP) is 2.70. The second kappa shape index (κ2) is 4.16. The highest BCUT2D eigenvalue weighted by atomic mass is 32.3. The Morgan fingerprint density at radius 2 is 2.35 bits per heavy atom. The molecule has 1 aliphatic heterocycles. The van der Waals surface area contributed by atoms with E-state index in [0.29, 0.717) is 11.1 Å². The van der Waals surface area contributed by atoms with Gasteiger partial charge in [0.25, 0.3) is 5.91 Å². The van der Waals surface area contributed by atoms with Gasteiger partial charge in [-0.3, -0.25) is 13.9 Å². The molecule has 2 rings (SSSR count). The van der Waals surface area contributed by atoms with Crippen molar-refractivity contribution in [1.82, 2.24) is 4.31 Å². The molecular formula is C10H10N2O3S2. The maximum atomic E-state index is 11.9. The van der Waals surface area contributed by atoms with Gasteiger partial charge in [0.1, 0.15) is 4.90 Å². The molecule has 0 radical (unpaired) electrons. The summed E-state index contributed by atoms with van der Waals surface area (Å²) in [5, 5.41) is 11.8. The van der Waals surface area contributed by atoms with E-state index in [0.717, 1.165) is 4.31 Å². The Labute approximate surface area is 104 Å². The summed E-state index contributed by atoms with van der Waals surface area (Å²) >= 11 is 1.26. The van der Waals surface area contributed by atoms with Crippen molar-refractivity contribution in [3.8, 4) is 6.07 Å². The first-order valence-electron chi connectivity index (χ1n) is 4.72. The third kappa shape index (κ3) is 1.85. The number of hydrogen-bond donors (Lipinski definition) is 2. The number of fused-ring (bicyclic) bond motifs is 1. The molecule has 2 N–H and O–H groups in total. The number of nitrogens with zero attached hydrogens (tertiary/aromatic N) is 2. The lowest BCUT2D eigenvalue weighted by molar-refractivity contribution is 0.0873. The van der Waals surface area contributed by atoms with Crippen molar-refractivity contribution in [2.75, 3.05) is 6.54 Å². The zero-order chi connectivity index (χ0) is 12.6. The molecule has 2 heterocycles. The van der Waals surface area contributed by atoms with Crippen molar-refractivity contribution < 1.29 is 13.9 Å². The minimum Gasteiger partial charge on any atom is -0.277 e. The van der Waals surface area contributed by atoms with Crippen LogP contribution >= 0.6 is 22.1 Å². The first-order valence-corrected chi connectivity index (χ1v) is 7.16. The van der Waals surface area contributed by atoms with Gasteiger partial charge in [-0.2, -0.15) is 5.26 Å². The van der Waals surface area contributed by atoms with E-state index in [9.17, 15) is 13.9 Å². The molecule has 17 heavy (non-hydrogen) atoms. The maximum Gasteiger partial charge on any atom is 0.275 e. The number of amides is 1. The molecule has 0 spiro atoms. The molecule has 0 unspecified atom stereocenters. The second-order valence-corrected chi connectivity index (χ2v) is 6.20. The standard InChI is InChI=1S/C10H10N2O3S2/c1-7(4-11)2-3-12-10(13)8-5-16-6-9(8)17(12,14)15/h2,5-6,14-15H,3H2,1H3. The summed E-state index contributed by atoms with van der Waals surface area (Å²) in [6.45, 7) is 1.63. The van der Waals surface area contributed by atoms with Crippen LogP contribution in [0.3, 0.4) is 0 Å². The Hall–Kier alpha value is -1.33. The number of hydrogen-bond acceptors (Lipinski definition) is 5. The Bertz CT molecular complexity index is 542. The van der Waals surface area contributed by atoms with Crippen molar-refractivity contribution >= 4 is 28.0 Å². The Morgan fingerprint density at radius 1 is 1.65 bits per heavy atom. The van der Waals surface area contributed by atoms with Crippen molar-refractivity contribution in [3.63, 3.8) is 0 Å². The van der Waals surface area contributed by atoms with Crippen LogP contribution in [0.4, 0.5) is 0 Å². The summed E-state index contributed by atoms with van der Waals surface area (Å²) in [6.07, 6.45) is 1.50. The highest BCUT2D eigenvalue weighted by Gasteiger charge is 2.41. The highest BCUT2D eigenvalue weighted by Crippen LogP contribution is 2.59. The minimum absolute atomic E-state index is 0.0277. The number of nitriles is 1. The van der Waals surface area contributed by atoms with Crippen molar-refractivity contribution in [3.05, 3.63) is 28.0 Å². The summed E-state index contributed by atoms with van der Waals surface area (Å²) in [4.78, 5) is 12.2. The van der Waals surface area contributed by atoms with E-state index in [1.165, 1.54) is 17.4 Å². The van der Waals surface area contributed by atoms with Gasteiger partial charge in [0.15, 0.2) is 0 Å². The van der Waals surface area contributed by atoms with Gasteiger partial charge in [0.05, 0.1) is 18.2 Å². The summed E-state index contributed by atoms with van der Waals surface area (Å²) in [5.41, 5.74) is 0.778. The van der Waals surface area contributed by atoms with E-state index in [1.54, 1.807) is 17.7 Å². The molecule has 7 heteroatoms. The van der Waals surface area contributed by atoms with Gasteiger partial charge in [-0.15, -0.1) is 11.3 Å². The van der Waals surface area contributed by atoms with E-state index in [-0.39, 0.29) is 11.4 Å². The molecule has 1 amide bonds. The molecule has 0 fully saturated rings. The van der Waals surface area contributed by atoms with Crippen LogP contribution in [-0.4, -0.2) is 25.9 Å². The van der Waals surface area contributed by atoms with Crippen LogP contribution in [0.15, 0.2) is 27.3 Å². The van der Waals surface area contributed by atoms with Crippen LogP contribution in [0.1, 0.15) is 17.3 Å². The molecule has 0 atom stereocenters. The van der Waals surface area contributed by atoms with E-state index in [2.05, 4.69) is 0 Å². The molecule has 0 saturated heterocycles.